The summed E-state index contributed by atoms with van der Waals surface area (Å²) in [5.74, 6) is 0. The van der Waals surface area contributed by atoms with Gasteiger partial charge in [0.1, 0.15) is 0 Å². The molecule has 22 heavy (non-hydrogen) atoms. The second kappa shape index (κ2) is 10.2. The SMILES string of the molecule is C=C/C=C(\C=C/C[N+](=O)[O-])S(=O)(=O)N=C.Cc1ccccc1. The Morgan fingerprint density at radius 3 is 2.32 bits per heavy atom. The maximum Gasteiger partial charge on any atom is 0.281 e. The van der Waals surface area contributed by atoms with Crippen LogP contribution in [-0.4, -0.2) is 26.6 Å². The fourth-order valence-electron chi connectivity index (χ4n) is 1.21. The quantitative estimate of drug-likeness (QED) is 0.348. The van der Waals surface area contributed by atoms with Gasteiger partial charge in [-0.25, -0.2) is 0 Å². The first-order valence-corrected chi connectivity index (χ1v) is 7.63. The highest BCUT2D eigenvalue weighted by molar-refractivity contribution is 7.94. The van der Waals surface area contributed by atoms with Crippen molar-refractivity contribution in [3.05, 3.63) is 81.8 Å². The molecule has 0 N–H and O–H groups in total. The maximum absolute atomic E-state index is 11.2. The summed E-state index contributed by atoms with van der Waals surface area (Å²) in [6.45, 7) is 7.84. The summed E-state index contributed by atoms with van der Waals surface area (Å²) >= 11 is 0. The van der Waals surface area contributed by atoms with Crippen molar-refractivity contribution in [1.29, 1.82) is 0 Å². The Hall–Kier alpha value is -2.54. The molecule has 0 amide bonds. The van der Waals surface area contributed by atoms with E-state index in [1.54, 1.807) is 0 Å². The first-order valence-electron chi connectivity index (χ1n) is 6.19. The Morgan fingerprint density at radius 2 is 1.95 bits per heavy atom. The molecule has 0 heterocycles. The summed E-state index contributed by atoms with van der Waals surface area (Å²) in [6.07, 6.45) is 4.63. The smallest absolute Gasteiger partial charge is 0.264 e. The van der Waals surface area contributed by atoms with Gasteiger partial charge in [0.15, 0.2) is 0 Å². The van der Waals surface area contributed by atoms with E-state index >= 15 is 0 Å². The predicted molar refractivity (Wildman–Crippen MR) is 88.9 cm³/mol. The highest BCUT2D eigenvalue weighted by Gasteiger charge is 2.10. The monoisotopic (exact) mass is 322 g/mol. The molecule has 0 unspecified atom stereocenters. The molecule has 1 aromatic rings. The number of sulfonamides is 1. The third kappa shape index (κ3) is 8.60. The molecule has 1 rings (SSSR count). The number of hydrogen-bond acceptors (Lipinski definition) is 4. The molecule has 7 heteroatoms. The van der Waals surface area contributed by atoms with Gasteiger partial charge in [-0.2, -0.15) is 12.8 Å². The number of nitrogens with zero attached hydrogens (tertiary/aromatic N) is 2. The van der Waals surface area contributed by atoms with Crippen LogP contribution in [0.25, 0.3) is 0 Å². The number of allylic oxidation sites excluding steroid dienone is 3. The Bertz CT molecular complexity index is 662. The van der Waals surface area contributed by atoms with Crippen LogP contribution in [0.5, 0.6) is 0 Å². The number of benzene rings is 1. The van der Waals surface area contributed by atoms with Crippen molar-refractivity contribution in [2.24, 2.45) is 4.40 Å². The van der Waals surface area contributed by atoms with Crippen LogP contribution >= 0.6 is 0 Å². The van der Waals surface area contributed by atoms with Gasteiger partial charge in [0, 0.05) is 11.6 Å². The summed E-state index contributed by atoms with van der Waals surface area (Å²) in [7, 11) is -3.83. The number of rotatable bonds is 6. The van der Waals surface area contributed by atoms with Crippen LogP contribution in [0, 0.1) is 17.0 Å². The Kier molecular flexibility index (Phi) is 9.04. The Morgan fingerprint density at radius 1 is 1.36 bits per heavy atom. The van der Waals surface area contributed by atoms with Crippen LogP contribution in [0.3, 0.4) is 0 Å². The molecule has 6 nitrogen and oxygen atoms in total. The van der Waals surface area contributed by atoms with Gasteiger partial charge in [0.2, 0.25) is 6.54 Å². The molecule has 0 aliphatic rings. The lowest BCUT2D eigenvalue weighted by atomic mass is 10.2. The van der Waals surface area contributed by atoms with Crippen molar-refractivity contribution in [2.45, 2.75) is 6.92 Å². The molecular formula is C15H18N2O4S. The number of aryl methyl sites for hydroxylation is 1. The van der Waals surface area contributed by atoms with Gasteiger partial charge in [-0.05, 0) is 25.2 Å². The highest BCUT2D eigenvalue weighted by Crippen LogP contribution is 2.10. The molecule has 118 valence electrons. The van der Waals surface area contributed by atoms with Gasteiger partial charge in [0.25, 0.3) is 10.0 Å². The van der Waals surface area contributed by atoms with Gasteiger partial charge in [-0.1, -0.05) is 48.6 Å². The minimum atomic E-state index is -3.83. The minimum Gasteiger partial charge on any atom is -0.264 e. The second-order valence-electron chi connectivity index (χ2n) is 3.98. The van der Waals surface area contributed by atoms with Crippen molar-refractivity contribution in [2.75, 3.05) is 6.54 Å². The molecule has 0 spiro atoms. The normalized spacial score (nSPS) is 11.4. The molecule has 0 atom stereocenters. The molecule has 0 bridgehead atoms. The third-order valence-electron chi connectivity index (χ3n) is 2.23. The van der Waals surface area contributed by atoms with E-state index in [1.807, 2.05) is 18.2 Å². The van der Waals surface area contributed by atoms with Crippen LogP contribution < -0.4 is 0 Å². The molecule has 0 saturated heterocycles. The van der Waals surface area contributed by atoms with Crippen LogP contribution in [-0.2, 0) is 10.0 Å². The molecule has 0 fully saturated rings. The molecule has 0 aliphatic carbocycles. The molecule has 0 aliphatic heterocycles. The maximum atomic E-state index is 11.2. The van der Waals surface area contributed by atoms with Crippen molar-refractivity contribution < 1.29 is 13.3 Å². The molecular weight excluding hydrogens is 304 g/mol. The van der Waals surface area contributed by atoms with Gasteiger partial charge in [-0.3, -0.25) is 10.1 Å². The van der Waals surface area contributed by atoms with Gasteiger partial charge >= 0.3 is 0 Å². The number of nitro groups is 1. The van der Waals surface area contributed by atoms with E-state index in [0.717, 1.165) is 12.2 Å². The minimum absolute atomic E-state index is 0.186. The first-order chi connectivity index (χ1) is 10.3. The first kappa shape index (κ1) is 19.5. The topological polar surface area (TPSA) is 89.6 Å². The summed E-state index contributed by atoms with van der Waals surface area (Å²) in [4.78, 5) is 9.21. The van der Waals surface area contributed by atoms with Crippen molar-refractivity contribution >= 4 is 16.7 Å². The standard InChI is InChI=1S/C8H10N2O4S.C7H8/c1-3-5-8(15(13,14)9-2)6-4-7-10(11)12;1-7-5-3-2-4-6-7/h3-6H,1-2,7H2;2-6H,1H3/b6-4-,8-5+;. The largest absolute Gasteiger partial charge is 0.281 e. The third-order valence-corrected chi connectivity index (χ3v) is 3.43. The van der Waals surface area contributed by atoms with Crippen LogP contribution in [0.15, 0.2) is 70.5 Å². The molecule has 1 aromatic carbocycles. The fourth-order valence-corrected chi connectivity index (χ4v) is 1.89. The van der Waals surface area contributed by atoms with Gasteiger partial charge in [0.05, 0.1) is 4.91 Å². The predicted octanol–water partition coefficient (Wildman–Crippen LogP) is 2.91. The Labute approximate surface area is 130 Å². The van der Waals surface area contributed by atoms with E-state index in [0.29, 0.717) is 0 Å². The summed E-state index contributed by atoms with van der Waals surface area (Å²) < 4.78 is 25.3. The van der Waals surface area contributed by atoms with E-state index in [4.69, 9.17) is 0 Å². The van der Waals surface area contributed by atoms with Crippen molar-refractivity contribution in [3.8, 4) is 0 Å². The van der Waals surface area contributed by atoms with Crippen LogP contribution in [0.2, 0.25) is 0 Å². The highest BCUT2D eigenvalue weighted by atomic mass is 32.2. The lowest BCUT2D eigenvalue weighted by molar-refractivity contribution is -0.468. The molecule has 0 radical (unpaired) electrons. The van der Waals surface area contributed by atoms with Crippen LogP contribution in [0.1, 0.15) is 5.56 Å². The zero-order chi connectivity index (χ0) is 17.0. The average molecular weight is 322 g/mol. The zero-order valence-corrected chi connectivity index (χ0v) is 13.1. The second-order valence-corrected chi connectivity index (χ2v) is 5.66. The fraction of sp³-hybridized carbons (Fsp3) is 0.133. The van der Waals surface area contributed by atoms with E-state index in [2.05, 4.69) is 36.8 Å². The number of hydrogen-bond donors (Lipinski definition) is 0. The van der Waals surface area contributed by atoms with E-state index in [9.17, 15) is 18.5 Å². The van der Waals surface area contributed by atoms with Crippen molar-refractivity contribution in [3.63, 3.8) is 0 Å². The van der Waals surface area contributed by atoms with E-state index < -0.39 is 21.5 Å². The summed E-state index contributed by atoms with van der Waals surface area (Å²) in [6, 6.07) is 10.3. The van der Waals surface area contributed by atoms with Gasteiger partial charge < -0.3 is 0 Å². The zero-order valence-electron chi connectivity index (χ0n) is 12.3. The van der Waals surface area contributed by atoms with E-state index in [1.165, 1.54) is 17.7 Å². The van der Waals surface area contributed by atoms with E-state index in [-0.39, 0.29) is 4.91 Å². The van der Waals surface area contributed by atoms with Crippen LogP contribution in [0.4, 0.5) is 0 Å². The molecule has 0 saturated carbocycles. The molecule has 0 aromatic heterocycles. The lowest BCUT2D eigenvalue weighted by Crippen LogP contribution is -1.99. The average Bonchev–Trinajstić information content (AvgIpc) is 2.47. The summed E-state index contributed by atoms with van der Waals surface area (Å²) in [5.41, 5.74) is 1.32. The van der Waals surface area contributed by atoms with Gasteiger partial charge in [-0.15, -0.1) is 0 Å². The lowest BCUT2D eigenvalue weighted by Gasteiger charge is -1.96. The van der Waals surface area contributed by atoms with Crippen molar-refractivity contribution in [1.82, 2.24) is 0 Å². The Balaban J connectivity index is 0.000000518. The summed E-state index contributed by atoms with van der Waals surface area (Å²) in [5, 5.41) is 9.99.